The lowest BCUT2D eigenvalue weighted by Crippen LogP contribution is -2.26. The number of benzene rings is 2. The van der Waals surface area contributed by atoms with Crippen molar-refractivity contribution in [2.45, 2.75) is 25.4 Å². The van der Waals surface area contributed by atoms with Gasteiger partial charge in [-0.1, -0.05) is 31.2 Å². The summed E-state index contributed by atoms with van der Waals surface area (Å²) in [5.41, 5.74) is 1.69. The summed E-state index contributed by atoms with van der Waals surface area (Å²) in [5, 5.41) is 0. The van der Waals surface area contributed by atoms with Crippen LogP contribution in [0.1, 0.15) is 34.0 Å². The van der Waals surface area contributed by atoms with Crippen molar-refractivity contribution in [3.63, 3.8) is 0 Å². The molecule has 0 fully saturated rings. The van der Waals surface area contributed by atoms with Crippen molar-refractivity contribution in [2.75, 3.05) is 12.8 Å². The van der Waals surface area contributed by atoms with Crippen LogP contribution in [0.2, 0.25) is 0 Å². The van der Waals surface area contributed by atoms with Crippen molar-refractivity contribution in [1.82, 2.24) is 4.90 Å². The monoisotopic (exact) mass is 367 g/mol. The summed E-state index contributed by atoms with van der Waals surface area (Å²) in [6.45, 7) is 2.35. The second kappa shape index (κ2) is 8.43. The molecule has 6 heteroatoms. The molecule has 0 saturated carbocycles. The van der Waals surface area contributed by atoms with Gasteiger partial charge in [0.1, 0.15) is 0 Å². The van der Waals surface area contributed by atoms with Gasteiger partial charge >= 0.3 is 6.18 Å². The van der Waals surface area contributed by atoms with Gasteiger partial charge in [0.25, 0.3) is 5.91 Å². The summed E-state index contributed by atoms with van der Waals surface area (Å²) in [4.78, 5) is 13.9. The molecule has 2 aromatic rings. The number of nitrogens with zero attached hydrogens (tertiary/aromatic N) is 1. The first-order valence-electron chi connectivity index (χ1n) is 7.89. The van der Waals surface area contributed by atoms with Crippen molar-refractivity contribution in [2.24, 2.45) is 0 Å². The zero-order chi connectivity index (χ0) is 18.4. The van der Waals surface area contributed by atoms with Crippen molar-refractivity contribution >= 4 is 17.7 Å². The van der Waals surface area contributed by atoms with Crippen LogP contribution in [0.3, 0.4) is 0 Å². The van der Waals surface area contributed by atoms with E-state index in [-0.39, 0.29) is 12.5 Å². The molecular formula is C19H20F3NOS. The number of carbonyl (C=O) groups is 1. The van der Waals surface area contributed by atoms with E-state index in [0.717, 1.165) is 29.2 Å². The Morgan fingerprint density at radius 3 is 2.08 bits per heavy atom. The zero-order valence-corrected chi connectivity index (χ0v) is 15.0. The molecule has 134 valence electrons. The maximum absolute atomic E-state index is 12.6. The number of halogens is 3. The van der Waals surface area contributed by atoms with Crippen molar-refractivity contribution in [3.8, 4) is 0 Å². The fourth-order valence-corrected chi connectivity index (χ4v) is 2.96. The Bertz CT molecular complexity index is 696. The van der Waals surface area contributed by atoms with Gasteiger partial charge < -0.3 is 4.90 Å². The Morgan fingerprint density at radius 2 is 1.56 bits per heavy atom. The van der Waals surface area contributed by atoms with E-state index in [4.69, 9.17) is 0 Å². The summed E-state index contributed by atoms with van der Waals surface area (Å²) >= 11 is 1.81. The van der Waals surface area contributed by atoms with E-state index in [9.17, 15) is 18.0 Å². The lowest BCUT2D eigenvalue weighted by atomic mass is 10.1. The normalized spacial score (nSPS) is 11.4. The van der Waals surface area contributed by atoms with Crippen LogP contribution in [-0.2, 0) is 18.5 Å². The summed E-state index contributed by atoms with van der Waals surface area (Å²) in [5.74, 6) is 1.79. The summed E-state index contributed by atoms with van der Waals surface area (Å²) < 4.78 is 37.7. The molecule has 0 radical (unpaired) electrons. The molecule has 0 unspecified atom stereocenters. The highest BCUT2D eigenvalue weighted by molar-refractivity contribution is 7.98. The minimum absolute atomic E-state index is 0.158. The third-order valence-corrected chi connectivity index (χ3v) is 4.67. The number of rotatable bonds is 6. The van der Waals surface area contributed by atoms with Gasteiger partial charge in [-0.3, -0.25) is 4.79 Å². The van der Waals surface area contributed by atoms with E-state index in [2.05, 4.69) is 6.92 Å². The number of alkyl halides is 3. The number of amides is 1. The standard InChI is InChI=1S/C19H20F3NOS/c1-3-25-13-15-4-8-16(9-5-15)18(24)23(2)12-14-6-10-17(11-7-14)19(20,21)22/h4-11H,3,12-13H2,1-2H3. The van der Waals surface area contributed by atoms with E-state index in [1.54, 1.807) is 19.2 Å². The van der Waals surface area contributed by atoms with Gasteiger partial charge in [-0.2, -0.15) is 24.9 Å². The predicted molar refractivity (Wildman–Crippen MR) is 95.5 cm³/mol. The number of thioether (sulfide) groups is 1. The summed E-state index contributed by atoms with van der Waals surface area (Å²) in [6, 6.07) is 12.3. The first-order chi connectivity index (χ1) is 11.8. The Hall–Kier alpha value is -1.95. The Morgan fingerprint density at radius 1 is 1.00 bits per heavy atom. The predicted octanol–water partition coefficient (Wildman–Crippen LogP) is 5.23. The highest BCUT2D eigenvalue weighted by Crippen LogP contribution is 2.29. The average Bonchev–Trinajstić information content (AvgIpc) is 2.59. The smallest absolute Gasteiger partial charge is 0.337 e. The molecule has 0 aliphatic carbocycles. The van der Waals surface area contributed by atoms with Gasteiger partial charge in [-0.25, -0.2) is 0 Å². The lowest BCUT2D eigenvalue weighted by molar-refractivity contribution is -0.137. The molecular weight excluding hydrogens is 347 g/mol. The molecule has 0 N–H and O–H groups in total. The number of hydrogen-bond acceptors (Lipinski definition) is 2. The van der Waals surface area contributed by atoms with Gasteiger partial charge in [0.15, 0.2) is 0 Å². The Kier molecular flexibility index (Phi) is 6.53. The second-order valence-corrected chi connectivity index (χ2v) is 6.96. The Balaban J connectivity index is 2.00. The molecule has 0 aliphatic rings. The molecule has 2 nitrogen and oxygen atoms in total. The Labute approximate surface area is 150 Å². The molecule has 0 aliphatic heterocycles. The maximum Gasteiger partial charge on any atom is 0.416 e. The second-order valence-electron chi connectivity index (χ2n) is 5.69. The van der Waals surface area contributed by atoms with E-state index >= 15 is 0 Å². The minimum atomic E-state index is -4.35. The van der Waals surface area contributed by atoms with Crippen LogP contribution in [0.25, 0.3) is 0 Å². The summed E-state index contributed by atoms with van der Waals surface area (Å²) in [7, 11) is 1.64. The van der Waals surface area contributed by atoms with Gasteiger partial charge in [-0.15, -0.1) is 0 Å². The van der Waals surface area contributed by atoms with Crippen LogP contribution >= 0.6 is 11.8 Å². The number of carbonyl (C=O) groups excluding carboxylic acids is 1. The fraction of sp³-hybridized carbons (Fsp3) is 0.316. The minimum Gasteiger partial charge on any atom is -0.337 e. The molecule has 0 bridgehead atoms. The highest BCUT2D eigenvalue weighted by Gasteiger charge is 2.30. The van der Waals surface area contributed by atoms with Gasteiger partial charge in [0.2, 0.25) is 0 Å². The van der Waals surface area contributed by atoms with Crippen molar-refractivity contribution in [1.29, 1.82) is 0 Å². The van der Waals surface area contributed by atoms with E-state index in [1.807, 2.05) is 23.9 Å². The molecule has 0 spiro atoms. The average molecular weight is 367 g/mol. The van der Waals surface area contributed by atoms with Gasteiger partial charge in [0.05, 0.1) is 5.56 Å². The number of hydrogen-bond donors (Lipinski definition) is 0. The van der Waals surface area contributed by atoms with E-state index in [0.29, 0.717) is 11.1 Å². The molecule has 0 atom stereocenters. The SMILES string of the molecule is CCSCc1ccc(C(=O)N(C)Cc2ccc(C(F)(F)F)cc2)cc1. The van der Waals surface area contributed by atoms with E-state index in [1.165, 1.54) is 17.0 Å². The van der Waals surface area contributed by atoms with E-state index < -0.39 is 11.7 Å². The van der Waals surface area contributed by atoms with Crippen LogP contribution in [0.4, 0.5) is 13.2 Å². The lowest BCUT2D eigenvalue weighted by Gasteiger charge is -2.18. The van der Waals surface area contributed by atoms with Crippen LogP contribution in [-0.4, -0.2) is 23.6 Å². The quantitative estimate of drug-likeness (QED) is 0.697. The largest absolute Gasteiger partial charge is 0.416 e. The van der Waals surface area contributed by atoms with Crippen LogP contribution < -0.4 is 0 Å². The molecule has 1 amide bonds. The topological polar surface area (TPSA) is 20.3 Å². The third-order valence-electron chi connectivity index (χ3n) is 3.72. The zero-order valence-electron chi connectivity index (χ0n) is 14.1. The molecule has 0 aromatic heterocycles. The maximum atomic E-state index is 12.6. The molecule has 2 aromatic carbocycles. The molecule has 0 heterocycles. The van der Waals surface area contributed by atoms with Crippen molar-refractivity contribution < 1.29 is 18.0 Å². The molecule has 2 rings (SSSR count). The van der Waals surface area contributed by atoms with Crippen LogP contribution in [0.5, 0.6) is 0 Å². The van der Waals surface area contributed by atoms with Gasteiger partial charge in [0, 0.05) is 24.9 Å². The van der Waals surface area contributed by atoms with Crippen molar-refractivity contribution in [3.05, 3.63) is 70.8 Å². The summed E-state index contributed by atoms with van der Waals surface area (Å²) in [6.07, 6.45) is -4.35. The fourth-order valence-electron chi connectivity index (χ4n) is 2.33. The van der Waals surface area contributed by atoms with Crippen LogP contribution in [0, 0.1) is 0 Å². The first kappa shape index (κ1) is 19.4. The highest BCUT2D eigenvalue weighted by atomic mass is 32.2. The molecule has 25 heavy (non-hydrogen) atoms. The van der Waals surface area contributed by atoms with Crippen LogP contribution in [0.15, 0.2) is 48.5 Å². The third kappa shape index (κ3) is 5.53. The molecule has 0 saturated heterocycles. The van der Waals surface area contributed by atoms with Gasteiger partial charge in [-0.05, 0) is 41.1 Å². The first-order valence-corrected chi connectivity index (χ1v) is 9.05.